The zero-order valence-electron chi connectivity index (χ0n) is 21.7. The Morgan fingerprint density at radius 1 is 1.13 bits per heavy atom. The molecular weight excluding hydrogens is 477 g/mol. The highest BCUT2D eigenvalue weighted by molar-refractivity contribution is 5.94. The van der Waals surface area contributed by atoms with E-state index in [0.29, 0.717) is 12.2 Å². The SMILES string of the molecule is C=C/C=C(/c1cc(F)cc(NCCN(C)C)c1)c1cc(-c2[nH]nc3ncc(-c4cccnc4)cc23)[nH]c1C. The van der Waals surface area contributed by atoms with Gasteiger partial charge in [0, 0.05) is 65.1 Å². The quantitative estimate of drug-likeness (QED) is 0.211. The molecule has 0 bridgehead atoms. The average molecular weight is 508 g/mol. The summed E-state index contributed by atoms with van der Waals surface area (Å²) in [7, 11) is 4.02. The Kier molecular flexibility index (Phi) is 7.15. The van der Waals surface area contributed by atoms with Crippen LogP contribution in [0.15, 0.2) is 79.8 Å². The van der Waals surface area contributed by atoms with Crippen LogP contribution in [-0.4, -0.2) is 57.2 Å². The van der Waals surface area contributed by atoms with E-state index in [9.17, 15) is 4.39 Å². The molecular formula is C30H30FN7. The lowest BCUT2D eigenvalue weighted by Crippen LogP contribution is -2.20. The molecule has 0 fully saturated rings. The van der Waals surface area contributed by atoms with Crippen LogP contribution in [0.5, 0.6) is 0 Å². The summed E-state index contributed by atoms with van der Waals surface area (Å²) < 4.78 is 14.7. The molecule has 4 heterocycles. The van der Waals surface area contributed by atoms with E-state index >= 15 is 0 Å². The van der Waals surface area contributed by atoms with Crippen molar-refractivity contribution in [2.75, 3.05) is 32.5 Å². The number of aryl methyl sites for hydroxylation is 1. The van der Waals surface area contributed by atoms with Crippen LogP contribution in [0.1, 0.15) is 16.8 Å². The van der Waals surface area contributed by atoms with Gasteiger partial charge in [0.25, 0.3) is 0 Å². The molecule has 0 aliphatic carbocycles. The van der Waals surface area contributed by atoms with Gasteiger partial charge in [-0.1, -0.05) is 24.8 Å². The van der Waals surface area contributed by atoms with Crippen LogP contribution in [0.3, 0.4) is 0 Å². The van der Waals surface area contributed by atoms with E-state index in [1.165, 1.54) is 6.07 Å². The number of likely N-dealkylation sites (N-methyl/N-ethyl adjacent to an activating group) is 1. The number of pyridine rings is 2. The van der Waals surface area contributed by atoms with Crippen molar-refractivity contribution in [1.82, 2.24) is 30.0 Å². The number of rotatable bonds is 9. The largest absolute Gasteiger partial charge is 0.384 e. The van der Waals surface area contributed by atoms with E-state index in [1.54, 1.807) is 24.5 Å². The summed E-state index contributed by atoms with van der Waals surface area (Å²) in [5.74, 6) is -0.299. The number of fused-ring (bicyclic) bond motifs is 1. The highest BCUT2D eigenvalue weighted by atomic mass is 19.1. The Bertz CT molecular complexity index is 1610. The summed E-state index contributed by atoms with van der Waals surface area (Å²) in [6, 6.07) is 13.1. The first-order valence-electron chi connectivity index (χ1n) is 12.4. The molecule has 5 aromatic rings. The van der Waals surface area contributed by atoms with Crippen molar-refractivity contribution < 1.29 is 4.39 Å². The molecule has 0 radical (unpaired) electrons. The number of hydrogen-bond acceptors (Lipinski definition) is 5. The maximum Gasteiger partial charge on any atom is 0.181 e. The van der Waals surface area contributed by atoms with Crippen LogP contribution in [0.2, 0.25) is 0 Å². The van der Waals surface area contributed by atoms with Gasteiger partial charge in [-0.05, 0) is 68.6 Å². The Hall–Kier alpha value is -4.56. The van der Waals surface area contributed by atoms with E-state index in [1.807, 2.05) is 51.5 Å². The Balaban J connectivity index is 1.53. The second kappa shape index (κ2) is 10.8. The van der Waals surface area contributed by atoms with E-state index in [2.05, 4.69) is 54.1 Å². The van der Waals surface area contributed by atoms with Gasteiger partial charge in [-0.25, -0.2) is 9.37 Å². The lowest BCUT2D eigenvalue weighted by molar-refractivity contribution is 0.425. The van der Waals surface area contributed by atoms with E-state index in [-0.39, 0.29) is 5.82 Å². The van der Waals surface area contributed by atoms with Crippen LogP contribution in [0, 0.1) is 12.7 Å². The lowest BCUT2D eigenvalue weighted by atomic mass is 9.96. The molecule has 38 heavy (non-hydrogen) atoms. The molecule has 5 rings (SSSR count). The minimum Gasteiger partial charge on any atom is -0.384 e. The molecule has 0 unspecified atom stereocenters. The summed E-state index contributed by atoms with van der Waals surface area (Å²) >= 11 is 0. The minimum atomic E-state index is -0.299. The molecule has 0 saturated carbocycles. The summed E-state index contributed by atoms with van der Waals surface area (Å²) in [6.07, 6.45) is 8.99. The van der Waals surface area contributed by atoms with Gasteiger partial charge in [-0.2, -0.15) is 5.10 Å². The van der Waals surface area contributed by atoms with Gasteiger partial charge < -0.3 is 15.2 Å². The highest BCUT2D eigenvalue weighted by Crippen LogP contribution is 2.34. The van der Waals surface area contributed by atoms with E-state index in [4.69, 9.17) is 0 Å². The topological polar surface area (TPSA) is 85.5 Å². The fourth-order valence-corrected chi connectivity index (χ4v) is 4.50. The first-order valence-corrected chi connectivity index (χ1v) is 12.4. The Morgan fingerprint density at radius 3 is 2.76 bits per heavy atom. The highest BCUT2D eigenvalue weighted by Gasteiger charge is 2.17. The number of aromatic nitrogens is 5. The predicted molar refractivity (Wildman–Crippen MR) is 152 cm³/mol. The number of H-pyrrole nitrogens is 2. The van der Waals surface area contributed by atoms with E-state index in [0.717, 1.165) is 62.5 Å². The van der Waals surface area contributed by atoms with Gasteiger partial charge in [0.1, 0.15) is 5.82 Å². The van der Waals surface area contributed by atoms with E-state index < -0.39 is 0 Å². The molecule has 0 saturated heterocycles. The van der Waals surface area contributed by atoms with Crippen molar-refractivity contribution in [2.24, 2.45) is 0 Å². The number of benzene rings is 1. The second-order valence-corrected chi connectivity index (χ2v) is 9.43. The Labute approximate surface area is 221 Å². The van der Waals surface area contributed by atoms with Crippen LogP contribution in [0.4, 0.5) is 10.1 Å². The Morgan fingerprint density at radius 2 is 2.00 bits per heavy atom. The maximum atomic E-state index is 14.7. The number of anilines is 1. The molecule has 3 N–H and O–H groups in total. The third-order valence-electron chi connectivity index (χ3n) is 6.36. The van der Waals surface area contributed by atoms with Gasteiger partial charge in [0.15, 0.2) is 5.65 Å². The van der Waals surface area contributed by atoms with Crippen molar-refractivity contribution in [1.29, 1.82) is 0 Å². The molecule has 0 spiro atoms. The fourth-order valence-electron chi connectivity index (χ4n) is 4.50. The van der Waals surface area contributed by atoms with Gasteiger partial charge >= 0.3 is 0 Å². The maximum absolute atomic E-state index is 14.7. The number of nitrogens with one attached hydrogen (secondary N) is 3. The van der Waals surface area contributed by atoms with Crippen LogP contribution < -0.4 is 5.32 Å². The number of nitrogens with zero attached hydrogens (tertiary/aromatic N) is 4. The van der Waals surface area contributed by atoms with Crippen molar-refractivity contribution in [3.8, 4) is 22.5 Å². The molecule has 7 nitrogen and oxygen atoms in total. The first kappa shape index (κ1) is 25.1. The van der Waals surface area contributed by atoms with Crippen molar-refractivity contribution in [3.05, 3.63) is 102 Å². The van der Waals surface area contributed by atoms with Gasteiger partial charge in [0.2, 0.25) is 0 Å². The molecule has 0 amide bonds. The molecule has 8 heteroatoms. The predicted octanol–water partition coefficient (Wildman–Crippen LogP) is 6.05. The molecule has 1 aromatic carbocycles. The lowest BCUT2D eigenvalue weighted by Gasteiger charge is -2.14. The van der Waals surface area contributed by atoms with Gasteiger partial charge in [-0.15, -0.1) is 0 Å². The summed E-state index contributed by atoms with van der Waals surface area (Å²) in [5.41, 5.74) is 8.52. The van der Waals surface area contributed by atoms with Crippen LogP contribution >= 0.6 is 0 Å². The first-order chi connectivity index (χ1) is 18.4. The zero-order chi connectivity index (χ0) is 26.6. The molecule has 4 aromatic heterocycles. The minimum absolute atomic E-state index is 0.299. The monoisotopic (exact) mass is 507 g/mol. The number of hydrogen-bond donors (Lipinski definition) is 3. The standard InChI is InChI=1S/C30H30FN7/c1-5-7-25(21-12-23(31)15-24(13-21)33-10-11-38(3)4)26-16-28(35-19(26)2)29-27-14-22(18-34-30(27)37-36-29)20-8-6-9-32-17-20/h5-9,12-18,33,35H,1,10-11H2,2-4H3,(H,34,36,37)/b25-7-. The molecule has 0 atom stereocenters. The van der Waals surface area contributed by atoms with Crippen molar-refractivity contribution >= 4 is 22.3 Å². The average Bonchev–Trinajstić information content (AvgIpc) is 3.50. The number of aromatic amines is 2. The molecule has 0 aliphatic heterocycles. The second-order valence-electron chi connectivity index (χ2n) is 9.43. The van der Waals surface area contributed by atoms with Gasteiger partial charge in [0.05, 0.1) is 11.4 Å². The summed E-state index contributed by atoms with van der Waals surface area (Å²) in [6.45, 7) is 7.46. The number of allylic oxidation sites excluding steroid dienone is 2. The fraction of sp³-hybridized carbons (Fsp3) is 0.167. The van der Waals surface area contributed by atoms with Crippen molar-refractivity contribution in [3.63, 3.8) is 0 Å². The third kappa shape index (κ3) is 5.26. The van der Waals surface area contributed by atoms with Crippen molar-refractivity contribution in [2.45, 2.75) is 6.92 Å². The normalized spacial score (nSPS) is 11.9. The third-order valence-corrected chi connectivity index (χ3v) is 6.36. The van der Waals surface area contributed by atoms with Crippen LogP contribution in [0.25, 0.3) is 39.1 Å². The zero-order valence-corrected chi connectivity index (χ0v) is 21.7. The smallest absolute Gasteiger partial charge is 0.181 e. The molecule has 0 aliphatic rings. The summed E-state index contributed by atoms with van der Waals surface area (Å²) in [4.78, 5) is 14.3. The number of halogens is 1. The van der Waals surface area contributed by atoms with Crippen LogP contribution in [-0.2, 0) is 0 Å². The molecule has 192 valence electrons. The summed E-state index contributed by atoms with van der Waals surface area (Å²) in [5, 5.41) is 11.8. The van der Waals surface area contributed by atoms with Gasteiger partial charge in [-0.3, -0.25) is 10.1 Å².